The van der Waals surface area contributed by atoms with Gasteiger partial charge in [-0.2, -0.15) is 0 Å². The van der Waals surface area contributed by atoms with Crippen LogP contribution in [0.25, 0.3) is 0 Å². The van der Waals surface area contributed by atoms with Crippen molar-refractivity contribution >= 4 is 19.6 Å². The van der Waals surface area contributed by atoms with E-state index in [4.69, 9.17) is 13.8 Å². The number of carbonyl (C=O) groups excluding carboxylic acids is 1. The zero-order valence-corrected chi connectivity index (χ0v) is 18.9. The standard InChI is InChI=1S/C22H29N2O5P/c1-17(2)24(18(3)4)21(16-22(25)27-5)23-30(26,28-19-12-8-6-9-13-19)29-20-14-10-7-11-15-20/h6-15,17-18H,16H2,1-5H3/b23-21-. The minimum atomic E-state index is -4.08. The van der Waals surface area contributed by atoms with Crippen LogP contribution in [0.15, 0.2) is 65.4 Å². The molecule has 8 heteroatoms. The van der Waals surface area contributed by atoms with E-state index >= 15 is 0 Å². The van der Waals surface area contributed by atoms with Gasteiger partial charge in [-0.15, -0.1) is 4.76 Å². The Kier molecular flexibility index (Phi) is 8.48. The maximum atomic E-state index is 13.8. The van der Waals surface area contributed by atoms with Gasteiger partial charge in [0.2, 0.25) is 0 Å². The van der Waals surface area contributed by atoms with E-state index in [-0.39, 0.29) is 24.3 Å². The van der Waals surface area contributed by atoms with E-state index in [1.54, 1.807) is 48.5 Å². The van der Waals surface area contributed by atoms with Crippen molar-refractivity contribution in [3.8, 4) is 11.5 Å². The van der Waals surface area contributed by atoms with E-state index in [2.05, 4.69) is 4.76 Å². The zero-order chi connectivity index (χ0) is 22.1. The quantitative estimate of drug-likeness (QED) is 0.231. The van der Waals surface area contributed by atoms with E-state index in [9.17, 15) is 9.36 Å². The number of benzene rings is 2. The predicted molar refractivity (Wildman–Crippen MR) is 118 cm³/mol. The smallest absolute Gasteiger partial charge is 0.469 e. The molecule has 0 aliphatic carbocycles. The number of para-hydroxylation sites is 2. The number of carbonyl (C=O) groups is 1. The first-order chi connectivity index (χ1) is 14.2. The Balaban J connectivity index is 2.54. The number of rotatable bonds is 9. The predicted octanol–water partition coefficient (Wildman–Crippen LogP) is 5.33. The van der Waals surface area contributed by atoms with Gasteiger partial charge in [0, 0.05) is 12.1 Å². The summed E-state index contributed by atoms with van der Waals surface area (Å²) in [5, 5.41) is 0. The van der Waals surface area contributed by atoms with Gasteiger partial charge in [-0.05, 0) is 52.0 Å². The van der Waals surface area contributed by atoms with Crippen LogP contribution in [-0.2, 0) is 14.1 Å². The van der Waals surface area contributed by atoms with E-state index in [1.165, 1.54) is 7.11 Å². The lowest BCUT2D eigenvalue weighted by molar-refractivity contribution is -0.139. The Labute approximate surface area is 178 Å². The molecule has 0 fully saturated rings. The van der Waals surface area contributed by atoms with Crippen molar-refractivity contribution in [2.24, 2.45) is 4.76 Å². The van der Waals surface area contributed by atoms with Crippen LogP contribution in [0.2, 0.25) is 0 Å². The Morgan fingerprint density at radius 2 is 1.33 bits per heavy atom. The molecule has 0 unspecified atom stereocenters. The molecule has 162 valence electrons. The van der Waals surface area contributed by atoms with Crippen LogP contribution in [0.4, 0.5) is 0 Å². The Morgan fingerprint density at radius 3 is 1.70 bits per heavy atom. The van der Waals surface area contributed by atoms with Crippen LogP contribution >= 0.6 is 7.75 Å². The van der Waals surface area contributed by atoms with Crippen molar-refractivity contribution in [2.45, 2.75) is 46.2 Å². The first kappa shape index (κ1) is 23.5. The second-order valence-corrected chi connectivity index (χ2v) is 8.64. The van der Waals surface area contributed by atoms with Crippen molar-refractivity contribution in [3.63, 3.8) is 0 Å². The van der Waals surface area contributed by atoms with Crippen LogP contribution < -0.4 is 9.05 Å². The molecule has 0 N–H and O–H groups in total. The highest BCUT2D eigenvalue weighted by Gasteiger charge is 2.32. The second-order valence-electron chi connectivity index (χ2n) is 7.14. The molecule has 0 atom stereocenters. The van der Waals surface area contributed by atoms with Crippen molar-refractivity contribution in [1.29, 1.82) is 0 Å². The Bertz CT molecular complexity index is 831. The molecule has 0 amide bonds. The molecule has 0 heterocycles. The van der Waals surface area contributed by atoms with Crippen LogP contribution in [0.3, 0.4) is 0 Å². The van der Waals surface area contributed by atoms with Gasteiger partial charge in [0.1, 0.15) is 23.8 Å². The van der Waals surface area contributed by atoms with E-state index in [0.29, 0.717) is 11.5 Å². The van der Waals surface area contributed by atoms with Gasteiger partial charge in [0.05, 0.1) is 7.11 Å². The molecule has 0 spiro atoms. The maximum absolute atomic E-state index is 13.8. The number of hydrogen-bond donors (Lipinski definition) is 0. The first-order valence-corrected chi connectivity index (χ1v) is 11.3. The monoisotopic (exact) mass is 432 g/mol. The van der Waals surface area contributed by atoms with Crippen molar-refractivity contribution in [2.75, 3.05) is 7.11 Å². The fraction of sp³-hybridized carbons (Fsp3) is 0.364. The summed E-state index contributed by atoms with van der Waals surface area (Å²) >= 11 is 0. The summed E-state index contributed by atoms with van der Waals surface area (Å²) in [5.74, 6) is 0.477. The van der Waals surface area contributed by atoms with Gasteiger partial charge in [0.15, 0.2) is 0 Å². The lowest BCUT2D eigenvalue weighted by atomic mass is 10.2. The number of hydrogen-bond acceptors (Lipinski definition) is 5. The topological polar surface area (TPSA) is 77.4 Å². The van der Waals surface area contributed by atoms with E-state index in [1.807, 2.05) is 44.7 Å². The molecule has 2 aromatic carbocycles. The number of ether oxygens (including phenoxy) is 1. The second kappa shape index (κ2) is 10.8. The molecule has 2 aromatic rings. The Hall–Kier alpha value is -2.79. The molecular formula is C22H29N2O5P. The summed E-state index contributed by atoms with van der Waals surface area (Å²) in [6.45, 7) is 7.86. The average molecular weight is 432 g/mol. The first-order valence-electron chi connectivity index (χ1n) is 9.77. The van der Waals surface area contributed by atoms with Crippen LogP contribution in [0.1, 0.15) is 34.1 Å². The van der Waals surface area contributed by atoms with Gasteiger partial charge in [-0.3, -0.25) is 4.79 Å². The van der Waals surface area contributed by atoms with Crippen LogP contribution in [0.5, 0.6) is 11.5 Å². The molecule has 0 bridgehead atoms. The summed E-state index contributed by atoms with van der Waals surface area (Å²) in [6.07, 6.45) is -0.160. The minimum Gasteiger partial charge on any atom is -0.469 e. The van der Waals surface area contributed by atoms with Gasteiger partial charge >= 0.3 is 13.7 Å². The lowest BCUT2D eigenvalue weighted by Gasteiger charge is -2.34. The average Bonchev–Trinajstić information content (AvgIpc) is 2.68. The van der Waals surface area contributed by atoms with Gasteiger partial charge in [-0.1, -0.05) is 36.4 Å². The van der Waals surface area contributed by atoms with Crippen molar-refractivity contribution < 1.29 is 23.1 Å². The largest absolute Gasteiger partial charge is 0.564 e. The molecule has 0 aliphatic heterocycles. The Morgan fingerprint density at radius 1 is 0.900 bits per heavy atom. The highest BCUT2D eigenvalue weighted by Crippen LogP contribution is 2.50. The fourth-order valence-corrected chi connectivity index (χ4v) is 4.35. The molecule has 30 heavy (non-hydrogen) atoms. The summed E-state index contributed by atoms with van der Waals surface area (Å²) in [6, 6.07) is 17.3. The number of esters is 1. The van der Waals surface area contributed by atoms with Gasteiger partial charge in [-0.25, -0.2) is 4.57 Å². The summed E-state index contributed by atoms with van der Waals surface area (Å²) in [5.41, 5.74) is 0. The third-order valence-corrected chi connectivity index (χ3v) is 5.47. The summed E-state index contributed by atoms with van der Waals surface area (Å²) in [7, 11) is -2.78. The van der Waals surface area contributed by atoms with Crippen molar-refractivity contribution in [3.05, 3.63) is 60.7 Å². The maximum Gasteiger partial charge on any atom is 0.564 e. The van der Waals surface area contributed by atoms with Gasteiger partial charge < -0.3 is 18.7 Å². The molecule has 7 nitrogen and oxygen atoms in total. The van der Waals surface area contributed by atoms with Crippen LogP contribution in [0, 0.1) is 0 Å². The number of nitrogens with zero attached hydrogens (tertiary/aromatic N) is 2. The summed E-state index contributed by atoms with van der Waals surface area (Å²) in [4.78, 5) is 14.0. The normalized spacial score (nSPS) is 12.0. The van der Waals surface area contributed by atoms with Gasteiger partial charge in [0.25, 0.3) is 0 Å². The molecule has 0 saturated carbocycles. The highest BCUT2D eigenvalue weighted by molar-refractivity contribution is 7.53. The highest BCUT2D eigenvalue weighted by atomic mass is 31.2. The molecular weight excluding hydrogens is 403 g/mol. The molecule has 0 aliphatic rings. The van der Waals surface area contributed by atoms with E-state index < -0.39 is 13.7 Å². The molecule has 0 saturated heterocycles. The molecule has 0 aromatic heterocycles. The third kappa shape index (κ3) is 6.92. The lowest BCUT2D eigenvalue weighted by Crippen LogP contribution is -2.43. The SMILES string of the molecule is COC(=O)C/C(=N/P(=O)(Oc1ccccc1)Oc1ccccc1)N(C(C)C)C(C)C. The van der Waals surface area contributed by atoms with E-state index in [0.717, 1.165) is 0 Å². The number of methoxy groups -OCH3 is 1. The molecule has 2 rings (SSSR count). The molecule has 0 radical (unpaired) electrons. The minimum absolute atomic E-state index is 0.00435. The van der Waals surface area contributed by atoms with Crippen molar-refractivity contribution in [1.82, 2.24) is 4.90 Å². The third-order valence-electron chi connectivity index (χ3n) is 4.11. The fourth-order valence-electron chi connectivity index (χ4n) is 3.00. The zero-order valence-electron chi connectivity index (χ0n) is 18.0. The van der Waals surface area contributed by atoms with Crippen LogP contribution in [-0.4, -0.2) is 35.9 Å². The summed E-state index contributed by atoms with van der Waals surface area (Å²) < 4.78 is 34.4. The number of amidine groups is 1.